The molecule has 0 amide bonds. The zero-order valence-corrected chi connectivity index (χ0v) is 17.8. The van der Waals surface area contributed by atoms with Crippen LogP contribution in [0.5, 0.6) is 0 Å². The van der Waals surface area contributed by atoms with Crippen LogP contribution in [0, 0.1) is 5.92 Å². The lowest BCUT2D eigenvalue weighted by Gasteiger charge is -2.32. The van der Waals surface area contributed by atoms with Gasteiger partial charge in [-0.3, -0.25) is 0 Å². The van der Waals surface area contributed by atoms with Crippen molar-refractivity contribution in [1.29, 1.82) is 0 Å². The number of alkyl halides is 1. The van der Waals surface area contributed by atoms with E-state index in [0.717, 1.165) is 12.0 Å². The Morgan fingerprint density at radius 3 is 1.83 bits per heavy atom. The molecule has 1 saturated carbocycles. The molecule has 1 aliphatic carbocycles. The van der Waals surface area contributed by atoms with Crippen molar-refractivity contribution >= 4 is 15.9 Å². The maximum Gasteiger partial charge on any atom is 0.0229 e. The molecule has 0 aromatic rings. The van der Waals surface area contributed by atoms with Crippen LogP contribution in [-0.4, -0.2) is 16.9 Å². The van der Waals surface area contributed by atoms with Crippen LogP contribution in [0.3, 0.4) is 0 Å². The Hall–Kier alpha value is 0.440. The van der Waals surface area contributed by atoms with Gasteiger partial charge in [0.05, 0.1) is 0 Å². The summed E-state index contributed by atoms with van der Waals surface area (Å²) in [5, 5.41) is 3.98. The molecular weight excluding hydrogens is 358 g/mol. The maximum absolute atomic E-state index is 3.99. The topological polar surface area (TPSA) is 12.0 Å². The molecular formula is C22H42BrN. The van der Waals surface area contributed by atoms with Crippen LogP contribution in [0.25, 0.3) is 0 Å². The van der Waals surface area contributed by atoms with Crippen molar-refractivity contribution < 1.29 is 0 Å². The summed E-state index contributed by atoms with van der Waals surface area (Å²) in [6.45, 7) is 3.65. The van der Waals surface area contributed by atoms with Crippen molar-refractivity contribution in [1.82, 2.24) is 5.32 Å². The summed E-state index contributed by atoms with van der Waals surface area (Å²) >= 11 is 3.99. The quantitative estimate of drug-likeness (QED) is 0.453. The predicted octanol–water partition coefficient (Wildman–Crippen LogP) is 7.37. The fraction of sp³-hybridized carbons (Fsp3) is 1.00. The Bertz CT molecular complexity index is 303. The summed E-state index contributed by atoms with van der Waals surface area (Å²) in [4.78, 5) is 0. The van der Waals surface area contributed by atoms with Crippen LogP contribution in [0.2, 0.25) is 0 Å². The second-order valence-electron chi connectivity index (χ2n) is 8.84. The normalized spacial score (nSPS) is 34.0. The van der Waals surface area contributed by atoms with E-state index in [1.165, 1.54) is 116 Å². The van der Waals surface area contributed by atoms with Gasteiger partial charge in [0, 0.05) is 10.4 Å². The zero-order chi connectivity index (χ0) is 17.1. The van der Waals surface area contributed by atoms with Crippen LogP contribution >= 0.6 is 15.9 Å². The first-order chi connectivity index (χ1) is 11.7. The first-order valence-electron chi connectivity index (χ1n) is 11.1. The Morgan fingerprint density at radius 1 is 0.667 bits per heavy atom. The van der Waals surface area contributed by atoms with E-state index in [9.17, 15) is 0 Å². The number of nitrogens with one attached hydrogen (secondary N) is 1. The highest BCUT2D eigenvalue weighted by Gasteiger charge is 2.25. The van der Waals surface area contributed by atoms with E-state index in [4.69, 9.17) is 0 Å². The molecule has 1 nitrogen and oxygen atoms in total. The highest BCUT2D eigenvalue weighted by atomic mass is 79.9. The molecule has 0 bridgehead atoms. The van der Waals surface area contributed by atoms with Gasteiger partial charge < -0.3 is 5.32 Å². The summed E-state index contributed by atoms with van der Waals surface area (Å²) in [6.07, 6.45) is 24.4. The smallest absolute Gasteiger partial charge is 0.0229 e. The van der Waals surface area contributed by atoms with Crippen molar-refractivity contribution in [3.8, 4) is 0 Å². The minimum atomic E-state index is 0.390. The molecule has 0 spiro atoms. The molecule has 0 aromatic carbocycles. The zero-order valence-electron chi connectivity index (χ0n) is 16.3. The Morgan fingerprint density at radius 2 is 1.21 bits per heavy atom. The van der Waals surface area contributed by atoms with Gasteiger partial charge in [-0.05, 0) is 57.9 Å². The number of halogens is 1. The van der Waals surface area contributed by atoms with Crippen molar-refractivity contribution in [3.63, 3.8) is 0 Å². The van der Waals surface area contributed by atoms with Crippen molar-refractivity contribution in [2.24, 2.45) is 5.92 Å². The van der Waals surface area contributed by atoms with Gasteiger partial charge in [0.2, 0.25) is 0 Å². The van der Waals surface area contributed by atoms with E-state index in [0.29, 0.717) is 4.32 Å². The average Bonchev–Trinajstić information content (AvgIpc) is 2.53. The second kappa shape index (κ2) is 11.9. The molecule has 2 unspecified atom stereocenters. The molecule has 1 N–H and O–H groups in total. The van der Waals surface area contributed by atoms with Crippen molar-refractivity contribution in [2.75, 3.05) is 6.54 Å². The maximum atomic E-state index is 3.99. The predicted molar refractivity (Wildman–Crippen MR) is 111 cm³/mol. The Labute approximate surface area is 160 Å². The van der Waals surface area contributed by atoms with E-state index < -0.39 is 0 Å². The molecule has 2 heteroatoms. The van der Waals surface area contributed by atoms with Gasteiger partial charge in [-0.2, -0.15) is 0 Å². The van der Waals surface area contributed by atoms with E-state index >= 15 is 0 Å². The number of hydrogen-bond acceptors (Lipinski definition) is 1. The first-order valence-corrected chi connectivity index (χ1v) is 11.9. The SMILES string of the molecule is CC1(Br)CCCCNC(C2CCCCCCCCCCC2)CCC1. The summed E-state index contributed by atoms with van der Waals surface area (Å²) in [5.41, 5.74) is 0. The summed E-state index contributed by atoms with van der Waals surface area (Å²) in [6, 6.07) is 0.786. The summed E-state index contributed by atoms with van der Waals surface area (Å²) in [5.74, 6) is 0.936. The van der Waals surface area contributed by atoms with E-state index in [1.54, 1.807) is 0 Å². The lowest BCUT2D eigenvalue weighted by molar-refractivity contribution is 0.268. The van der Waals surface area contributed by atoms with Crippen molar-refractivity contribution in [2.45, 2.75) is 126 Å². The second-order valence-corrected chi connectivity index (χ2v) is 10.8. The molecule has 24 heavy (non-hydrogen) atoms. The average molecular weight is 400 g/mol. The van der Waals surface area contributed by atoms with Gasteiger partial charge in [-0.25, -0.2) is 0 Å². The van der Waals surface area contributed by atoms with Gasteiger partial charge in [-0.15, -0.1) is 0 Å². The highest BCUT2D eigenvalue weighted by molar-refractivity contribution is 9.10. The Balaban J connectivity index is 1.87. The Kier molecular flexibility index (Phi) is 10.3. The van der Waals surface area contributed by atoms with E-state index in [-0.39, 0.29) is 0 Å². The van der Waals surface area contributed by atoms with Crippen LogP contribution < -0.4 is 5.32 Å². The first kappa shape index (κ1) is 20.7. The lowest BCUT2D eigenvalue weighted by atomic mass is 9.83. The molecule has 1 heterocycles. The van der Waals surface area contributed by atoms with E-state index in [1.807, 2.05) is 0 Å². The monoisotopic (exact) mass is 399 g/mol. The molecule has 0 aromatic heterocycles. The molecule has 2 aliphatic rings. The molecule has 142 valence electrons. The van der Waals surface area contributed by atoms with E-state index in [2.05, 4.69) is 28.2 Å². The fourth-order valence-electron chi connectivity index (χ4n) is 4.82. The molecule has 2 atom stereocenters. The van der Waals surface area contributed by atoms with Crippen LogP contribution in [0.4, 0.5) is 0 Å². The number of hydrogen-bond donors (Lipinski definition) is 1. The fourth-order valence-corrected chi connectivity index (χ4v) is 5.38. The molecule has 1 saturated heterocycles. The van der Waals surface area contributed by atoms with Crippen LogP contribution in [-0.2, 0) is 0 Å². The van der Waals surface area contributed by atoms with Gasteiger partial charge in [0.15, 0.2) is 0 Å². The van der Waals surface area contributed by atoms with Crippen molar-refractivity contribution in [3.05, 3.63) is 0 Å². The van der Waals surface area contributed by atoms with Gasteiger partial charge in [0.1, 0.15) is 0 Å². The summed E-state index contributed by atoms with van der Waals surface area (Å²) in [7, 11) is 0. The third-order valence-electron chi connectivity index (χ3n) is 6.46. The molecule has 2 fully saturated rings. The van der Waals surface area contributed by atoms with Crippen LogP contribution in [0.1, 0.15) is 116 Å². The standard InChI is InChI=1S/C22H42BrN/c1-22(23)17-11-12-19-24-21(16-13-18-22)20-14-9-7-5-3-2-4-6-8-10-15-20/h20-21,24H,2-19H2,1H3. The molecule has 1 aliphatic heterocycles. The minimum Gasteiger partial charge on any atom is -0.314 e. The lowest BCUT2D eigenvalue weighted by Crippen LogP contribution is -2.38. The molecule has 0 radical (unpaired) electrons. The van der Waals surface area contributed by atoms with Gasteiger partial charge in [-0.1, -0.05) is 86.6 Å². The largest absolute Gasteiger partial charge is 0.314 e. The minimum absolute atomic E-state index is 0.390. The third kappa shape index (κ3) is 8.70. The van der Waals surface area contributed by atoms with Gasteiger partial charge in [0.25, 0.3) is 0 Å². The molecule has 2 rings (SSSR count). The third-order valence-corrected chi connectivity index (χ3v) is 7.26. The summed E-state index contributed by atoms with van der Waals surface area (Å²) < 4.78 is 0.390. The van der Waals surface area contributed by atoms with Gasteiger partial charge >= 0.3 is 0 Å². The number of rotatable bonds is 1. The highest BCUT2D eigenvalue weighted by Crippen LogP contribution is 2.33. The van der Waals surface area contributed by atoms with Crippen LogP contribution in [0.15, 0.2) is 0 Å².